The number of benzene rings is 1. The molecule has 18 heavy (non-hydrogen) atoms. The summed E-state index contributed by atoms with van der Waals surface area (Å²) in [7, 11) is 0. The van der Waals surface area contributed by atoms with Crippen molar-refractivity contribution in [2.75, 3.05) is 0 Å². The molecule has 0 bridgehead atoms. The lowest BCUT2D eigenvalue weighted by molar-refractivity contribution is 0.446. The number of H-pyrrole nitrogens is 1. The van der Waals surface area contributed by atoms with Gasteiger partial charge in [0.25, 0.3) is 5.56 Å². The lowest BCUT2D eigenvalue weighted by Gasteiger charge is -2.10. The van der Waals surface area contributed by atoms with Crippen molar-refractivity contribution in [2.45, 2.75) is 26.2 Å². The van der Waals surface area contributed by atoms with Gasteiger partial charge in [0.15, 0.2) is 0 Å². The number of hydrogen-bond acceptors (Lipinski definition) is 3. The van der Waals surface area contributed by atoms with Gasteiger partial charge in [-0.15, -0.1) is 0 Å². The minimum absolute atomic E-state index is 0.119. The first kappa shape index (κ1) is 12.4. The average molecular weight is 244 g/mol. The van der Waals surface area contributed by atoms with E-state index >= 15 is 0 Å². The summed E-state index contributed by atoms with van der Waals surface area (Å²) in [6.45, 7) is 3.97. The Labute approximate surface area is 105 Å². The van der Waals surface area contributed by atoms with Crippen LogP contribution in [-0.2, 0) is 0 Å². The van der Waals surface area contributed by atoms with Crippen LogP contribution in [-0.4, -0.2) is 15.1 Å². The Bertz CT molecular complexity index is 590. The molecule has 0 aliphatic rings. The van der Waals surface area contributed by atoms with Gasteiger partial charge in [-0.25, -0.2) is 0 Å². The Morgan fingerprint density at radius 2 is 2.00 bits per heavy atom. The fourth-order valence-electron chi connectivity index (χ4n) is 1.77. The number of nitrogens with one attached hydrogen (secondary N) is 1. The van der Waals surface area contributed by atoms with Crippen LogP contribution in [0.4, 0.5) is 0 Å². The monoisotopic (exact) mass is 244 g/mol. The first-order valence-electron chi connectivity index (χ1n) is 6.02. The van der Waals surface area contributed by atoms with Crippen LogP contribution in [0, 0.1) is 0 Å². The molecule has 2 aromatic rings. The predicted molar refractivity (Wildman–Crippen MR) is 70.7 cm³/mol. The fourth-order valence-corrected chi connectivity index (χ4v) is 1.77. The number of rotatable bonds is 3. The fraction of sp³-hybridized carbons (Fsp3) is 0.286. The van der Waals surface area contributed by atoms with Crippen LogP contribution in [0.25, 0.3) is 11.1 Å². The number of aromatic amines is 1. The van der Waals surface area contributed by atoms with Crippen LogP contribution in [0.3, 0.4) is 0 Å². The number of nitrogens with zero attached hydrogens (tertiary/aromatic N) is 1. The number of aromatic hydroxyl groups is 1. The summed E-state index contributed by atoms with van der Waals surface area (Å²) < 4.78 is 0. The molecule has 0 radical (unpaired) electrons. The average Bonchev–Trinajstić information content (AvgIpc) is 2.38. The molecule has 4 nitrogen and oxygen atoms in total. The van der Waals surface area contributed by atoms with E-state index in [-0.39, 0.29) is 22.9 Å². The molecule has 2 rings (SSSR count). The molecule has 0 saturated heterocycles. The van der Waals surface area contributed by atoms with Crippen LogP contribution in [0.2, 0.25) is 0 Å². The minimum atomic E-state index is -0.302. The quantitative estimate of drug-likeness (QED) is 0.872. The molecule has 94 valence electrons. The van der Waals surface area contributed by atoms with Gasteiger partial charge in [-0.1, -0.05) is 44.2 Å². The minimum Gasteiger partial charge on any atom is -0.493 e. The van der Waals surface area contributed by atoms with E-state index in [4.69, 9.17) is 0 Å². The molecule has 2 N–H and O–H groups in total. The molecule has 4 heteroatoms. The van der Waals surface area contributed by atoms with E-state index in [1.54, 1.807) is 12.1 Å². The highest BCUT2D eigenvalue weighted by molar-refractivity contribution is 5.66. The van der Waals surface area contributed by atoms with E-state index in [2.05, 4.69) is 9.97 Å². The van der Waals surface area contributed by atoms with Crippen molar-refractivity contribution in [1.29, 1.82) is 0 Å². The van der Waals surface area contributed by atoms with Gasteiger partial charge >= 0.3 is 0 Å². The van der Waals surface area contributed by atoms with Gasteiger partial charge in [0.1, 0.15) is 11.4 Å². The molecule has 0 aliphatic carbocycles. The van der Waals surface area contributed by atoms with Crippen LogP contribution >= 0.6 is 0 Å². The van der Waals surface area contributed by atoms with Crippen molar-refractivity contribution in [2.24, 2.45) is 0 Å². The maximum Gasteiger partial charge on any atom is 0.262 e. The molecule has 0 saturated carbocycles. The van der Waals surface area contributed by atoms with Gasteiger partial charge in [-0.3, -0.25) is 4.79 Å². The lowest BCUT2D eigenvalue weighted by Crippen LogP contribution is -2.15. The van der Waals surface area contributed by atoms with E-state index in [0.29, 0.717) is 11.4 Å². The third kappa shape index (κ3) is 2.27. The van der Waals surface area contributed by atoms with Crippen LogP contribution in [0.15, 0.2) is 35.1 Å². The molecule has 1 aromatic carbocycles. The standard InChI is InChI=1S/C14H16N2O2/c1-3-9(2)12-15-13(17)11(14(18)16-12)10-7-5-4-6-8-10/h4-9H,3H2,1-2H3,(H2,15,16,17,18). The van der Waals surface area contributed by atoms with Crippen molar-refractivity contribution in [3.63, 3.8) is 0 Å². The smallest absolute Gasteiger partial charge is 0.262 e. The Morgan fingerprint density at radius 1 is 1.33 bits per heavy atom. The Morgan fingerprint density at radius 3 is 2.56 bits per heavy atom. The molecule has 1 heterocycles. The normalized spacial score (nSPS) is 12.3. The van der Waals surface area contributed by atoms with E-state index < -0.39 is 0 Å². The summed E-state index contributed by atoms with van der Waals surface area (Å²) in [5, 5.41) is 9.94. The maximum atomic E-state index is 12.0. The zero-order valence-electron chi connectivity index (χ0n) is 10.5. The topological polar surface area (TPSA) is 66.0 Å². The highest BCUT2D eigenvalue weighted by Gasteiger charge is 2.14. The predicted octanol–water partition coefficient (Wildman–Crippen LogP) is 2.66. The number of aromatic nitrogens is 2. The summed E-state index contributed by atoms with van der Waals surface area (Å²) >= 11 is 0. The zero-order chi connectivity index (χ0) is 13.1. The highest BCUT2D eigenvalue weighted by Crippen LogP contribution is 2.24. The van der Waals surface area contributed by atoms with E-state index in [1.807, 2.05) is 32.0 Å². The molecule has 0 spiro atoms. The van der Waals surface area contributed by atoms with E-state index in [0.717, 1.165) is 6.42 Å². The second kappa shape index (κ2) is 5.04. The van der Waals surface area contributed by atoms with Crippen LogP contribution < -0.4 is 5.56 Å². The van der Waals surface area contributed by atoms with Gasteiger partial charge in [0, 0.05) is 5.92 Å². The zero-order valence-corrected chi connectivity index (χ0v) is 10.5. The summed E-state index contributed by atoms with van der Waals surface area (Å²) in [5.41, 5.74) is 0.589. The second-order valence-corrected chi connectivity index (χ2v) is 4.33. The van der Waals surface area contributed by atoms with Crippen molar-refractivity contribution < 1.29 is 5.11 Å². The lowest BCUT2D eigenvalue weighted by atomic mass is 10.1. The Kier molecular flexibility index (Phi) is 3.46. The molecule has 0 aliphatic heterocycles. The summed E-state index contributed by atoms with van der Waals surface area (Å²) in [5.74, 6) is 0.438. The van der Waals surface area contributed by atoms with Crippen molar-refractivity contribution in [3.8, 4) is 17.0 Å². The second-order valence-electron chi connectivity index (χ2n) is 4.33. The molecular formula is C14H16N2O2. The SMILES string of the molecule is CCC(C)c1nc(O)c(-c2ccccc2)c(=O)[nH]1. The number of hydrogen-bond donors (Lipinski definition) is 2. The van der Waals surface area contributed by atoms with Gasteiger partial charge in [0.2, 0.25) is 5.88 Å². The van der Waals surface area contributed by atoms with Gasteiger partial charge in [-0.2, -0.15) is 4.98 Å². The third-order valence-corrected chi connectivity index (χ3v) is 3.06. The van der Waals surface area contributed by atoms with E-state index in [1.165, 1.54) is 0 Å². The maximum absolute atomic E-state index is 12.0. The van der Waals surface area contributed by atoms with Crippen molar-refractivity contribution in [1.82, 2.24) is 9.97 Å². The van der Waals surface area contributed by atoms with Crippen LogP contribution in [0.5, 0.6) is 5.88 Å². The first-order chi connectivity index (χ1) is 8.63. The molecule has 1 atom stereocenters. The van der Waals surface area contributed by atoms with Crippen molar-refractivity contribution in [3.05, 3.63) is 46.5 Å². The first-order valence-corrected chi connectivity index (χ1v) is 6.02. The molecule has 1 aromatic heterocycles. The Balaban J connectivity index is 2.55. The third-order valence-electron chi connectivity index (χ3n) is 3.06. The highest BCUT2D eigenvalue weighted by atomic mass is 16.3. The summed E-state index contributed by atoms with van der Waals surface area (Å²) in [6, 6.07) is 9.03. The van der Waals surface area contributed by atoms with Gasteiger partial charge < -0.3 is 10.1 Å². The summed E-state index contributed by atoms with van der Waals surface area (Å²) in [6.07, 6.45) is 0.854. The van der Waals surface area contributed by atoms with Crippen LogP contribution in [0.1, 0.15) is 32.0 Å². The molecular weight excluding hydrogens is 228 g/mol. The largest absolute Gasteiger partial charge is 0.493 e. The molecule has 0 fully saturated rings. The van der Waals surface area contributed by atoms with Gasteiger partial charge in [-0.05, 0) is 12.0 Å². The molecule has 1 unspecified atom stereocenters. The van der Waals surface area contributed by atoms with E-state index in [9.17, 15) is 9.90 Å². The Hall–Kier alpha value is -2.10. The summed E-state index contributed by atoms with van der Waals surface area (Å²) in [4.78, 5) is 18.8. The van der Waals surface area contributed by atoms with Crippen molar-refractivity contribution >= 4 is 0 Å². The van der Waals surface area contributed by atoms with Gasteiger partial charge in [0.05, 0.1) is 0 Å². The molecule has 0 amide bonds.